The Hall–Kier alpha value is -3.72. The van der Waals surface area contributed by atoms with Crippen molar-refractivity contribution in [1.29, 1.82) is 0 Å². The summed E-state index contributed by atoms with van der Waals surface area (Å²) in [6.07, 6.45) is 0.0972. The minimum absolute atomic E-state index is 0.0136. The molecule has 156 valence electrons. The second kappa shape index (κ2) is 8.57. The van der Waals surface area contributed by atoms with Gasteiger partial charge in [0.25, 0.3) is 5.69 Å². The molecule has 0 aliphatic heterocycles. The molecule has 0 atom stereocenters. The van der Waals surface area contributed by atoms with Crippen molar-refractivity contribution in [1.82, 2.24) is 4.98 Å². The molecule has 0 bridgehead atoms. The van der Waals surface area contributed by atoms with Gasteiger partial charge in [-0.3, -0.25) is 14.9 Å². The fourth-order valence-corrected chi connectivity index (χ4v) is 3.59. The Morgan fingerprint density at radius 1 is 1.16 bits per heavy atom. The quantitative estimate of drug-likeness (QED) is 0.293. The number of nitro benzene ring substituents is 1. The van der Waals surface area contributed by atoms with Crippen LogP contribution < -0.4 is 10.1 Å². The number of ether oxygens (including phenoxy) is 1. The highest BCUT2D eigenvalue weighted by Crippen LogP contribution is 2.32. The third kappa shape index (κ3) is 4.56. The number of anilines is 1. The number of non-ortho nitro benzene ring substituents is 1. The minimum Gasteiger partial charge on any atom is -0.496 e. The van der Waals surface area contributed by atoms with Crippen LogP contribution in [0.15, 0.2) is 69.6 Å². The number of fused-ring (bicyclic) bond motifs is 1. The minimum atomic E-state index is -0.476. The highest BCUT2D eigenvalue weighted by atomic mass is 79.9. The normalized spacial score (nSPS) is 10.8. The number of carbonyl (C=O) groups excluding carboxylic acids is 1. The van der Waals surface area contributed by atoms with E-state index in [4.69, 9.17) is 9.15 Å². The van der Waals surface area contributed by atoms with Crippen molar-refractivity contribution < 1.29 is 18.9 Å². The van der Waals surface area contributed by atoms with Crippen LogP contribution in [-0.4, -0.2) is 22.9 Å². The Kier molecular flexibility index (Phi) is 5.68. The third-order valence-electron chi connectivity index (χ3n) is 4.58. The third-order valence-corrected chi connectivity index (χ3v) is 5.20. The lowest BCUT2D eigenvalue weighted by atomic mass is 10.1. The molecule has 8 nitrogen and oxygen atoms in total. The number of aromatic nitrogens is 1. The summed E-state index contributed by atoms with van der Waals surface area (Å²) in [5.41, 5.74) is 3.23. The number of methoxy groups -OCH3 is 1. The van der Waals surface area contributed by atoms with Gasteiger partial charge in [0.05, 0.1) is 22.9 Å². The molecule has 0 fully saturated rings. The fraction of sp³-hybridized carbons (Fsp3) is 0.0909. The summed E-state index contributed by atoms with van der Waals surface area (Å²) in [6.45, 7) is 0. The van der Waals surface area contributed by atoms with Crippen molar-refractivity contribution >= 4 is 44.3 Å². The van der Waals surface area contributed by atoms with Crippen LogP contribution in [0.1, 0.15) is 5.56 Å². The van der Waals surface area contributed by atoms with E-state index in [1.807, 2.05) is 18.2 Å². The standard InChI is InChI=1S/C22H16BrN3O5/c1-30-19-8-4-14(11-17(19)23)22-25-18-12-15(5-9-20(18)31-22)24-21(27)10-13-2-6-16(7-3-13)26(28)29/h2-9,11-12H,10H2,1H3,(H,24,27). The zero-order chi connectivity index (χ0) is 22.0. The molecule has 4 aromatic rings. The summed E-state index contributed by atoms with van der Waals surface area (Å²) >= 11 is 3.45. The van der Waals surface area contributed by atoms with Gasteiger partial charge < -0.3 is 14.5 Å². The van der Waals surface area contributed by atoms with E-state index in [0.717, 1.165) is 10.0 Å². The molecule has 3 aromatic carbocycles. The van der Waals surface area contributed by atoms with Gasteiger partial charge in [0.2, 0.25) is 11.8 Å². The van der Waals surface area contributed by atoms with Gasteiger partial charge in [0.1, 0.15) is 11.3 Å². The van der Waals surface area contributed by atoms with Crippen molar-refractivity contribution in [3.05, 3.63) is 80.8 Å². The van der Waals surface area contributed by atoms with Gasteiger partial charge in [0.15, 0.2) is 5.58 Å². The highest BCUT2D eigenvalue weighted by molar-refractivity contribution is 9.10. The van der Waals surface area contributed by atoms with E-state index in [2.05, 4.69) is 26.2 Å². The molecule has 9 heteroatoms. The molecule has 0 aliphatic carbocycles. The summed E-state index contributed by atoms with van der Waals surface area (Å²) in [4.78, 5) is 27.1. The lowest BCUT2D eigenvalue weighted by Crippen LogP contribution is -2.14. The monoisotopic (exact) mass is 481 g/mol. The molecule has 0 spiro atoms. The Balaban J connectivity index is 1.49. The number of carbonyl (C=O) groups is 1. The van der Waals surface area contributed by atoms with E-state index in [1.54, 1.807) is 37.4 Å². The number of oxazole rings is 1. The number of hydrogen-bond donors (Lipinski definition) is 1. The Morgan fingerprint density at radius 3 is 2.61 bits per heavy atom. The van der Waals surface area contributed by atoms with Crippen molar-refractivity contribution in [3.8, 4) is 17.2 Å². The zero-order valence-corrected chi connectivity index (χ0v) is 17.9. The van der Waals surface area contributed by atoms with Gasteiger partial charge in [-0.2, -0.15) is 0 Å². The molecular formula is C22H16BrN3O5. The molecule has 0 saturated carbocycles. The van der Waals surface area contributed by atoms with Crippen LogP contribution in [0.4, 0.5) is 11.4 Å². The lowest BCUT2D eigenvalue weighted by molar-refractivity contribution is -0.384. The number of nitrogens with zero attached hydrogens (tertiary/aromatic N) is 2. The van der Waals surface area contributed by atoms with Crippen LogP contribution in [0.25, 0.3) is 22.6 Å². The van der Waals surface area contributed by atoms with E-state index in [9.17, 15) is 14.9 Å². The number of nitrogens with one attached hydrogen (secondary N) is 1. The van der Waals surface area contributed by atoms with E-state index in [1.165, 1.54) is 12.1 Å². The Labute approximate surface area is 185 Å². The van der Waals surface area contributed by atoms with Crippen LogP contribution in [0.2, 0.25) is 0 Å². The van der Waals surface area contributed by atoms with Gasteiger partial charge in [-0.05, 0) is 57.9 Å². The van der Waals surface area contributed by atoms with Gasteiger partial charge >= 0.3 is 0 Å². The maximum Gasteiger partial charge on any atom is 0.269 e. The van der Waals surface area contributed by atoms with E-state index >= 15 is 0 Å². The summed E-state index contributed by atoms with van der Waals surface area (Å²) in [6, 6.07) is 16.6. The number of amides is 1. The number of nitro groups is 1. The van der Waals surface area contributed by atoms with E-state index in [0.29, 0.717) is 34.0 Å². The van der Waals surface area contributed by atoms with E-state index < -0.39 is 4.92 Å². The molecule has 0 saturated heterocycles. The van der Waals surface area contributed by atoms with Crippen LogP contribution in [0.3, 0.4) is 0 Å². The van der Waals surface area contributed by atoms with Crippen LogP contribution >= 0.6 is 15.9 Å². The molecular weight excluding hydrogens is 466 g/mol. The predicted molar refractivity (Wildman–Crippen MR) is 119 cm³/mol. The fourth-order valence-electron chi connectivity index (χ4n) is 3.05. The average molecular weight is 482 g/mol. The summed E-state index contributed by atoms with van der Waals surface area (Å²) < 4.78 is 11.9. The number of hydrogen-bond acceptors (Lipinski definition) is 6. The zero-order valence-electron chi connectivity index (χ0n) is 16.3. The smallest absolute Gasteiger partial charge is 0.269 e. The first-order valence-corrected chi connectivity index (χ1v) is 10.00. The predicted octanol–water partition coefficient (Wildman–Crippen LogP) is 5.36. The summed E-state index contributed by atoms with van der Waals surface area (Å²) in [7, 11) is 1.59. The Morgan fingerprint density at radius 2 is 1.94 bits per heavy atom. The van der Waals surface area contributed by atoms with Gasteiger partial charge in [0, 0.05) is 23.4 Å². The second-order valence-corrected chi connectivity index (χ2v) is 7.55. The average Bonchev–Trinajstić information content (AvgIpc) is 3.17. The van der Waals surface area contributed by atoms with Crippen LogP contribution in [0.5, 0.6) is 5.75 Å². The largest absolute Gasteiger partial charge is 0.496 e. The topological polar surface area (TPSA) is 108 Å². The Bertz CT molecular complexity index is 1280. The highest BCUT2D eigenvalue weighted by Gasteiger charge is 2.12. The van der Waals surface area contributed by atoms with Crippen LogP contribution in [0, 0.1) is 10.1 Å². The SMILES string of the molecule is COc1ccc(-c2nc3cc(NC(=O)Cc4ccc([N+](=O)[O-])cc4)ccc3o2)cc1Br. The second-order valence-electron chi connectivity index (χ2n) is 6.70. The summed E-state index contributed by atoms with van der Waals surface area (Å²) in [5.74, 6) is 0.918. The molecule has 1 amide bonds. The van der Waals surface area contributed by atoms with Crippen molar-refractivity contribution in [2.75, 3.05) is 12.4 Å². The number of benzene rings is 3. The first-order valence-electron chi connectivity index (χ1n) is 9.20. The lowest BCUT2D eigenvalue weighted by Gasteiger charge is -2.05. The van der Waals surface area contributed by atoms with Gasteiger partial charge in [-0.25, -0.2) is 4.98 Å². The maximum atomic E-state index is 12.4. The van der Waals surface area contributed by atoms with Gasteiger partial charge in [-0.15, -0.1) is 0 Å². The molecule has 0 radical (unpaired) electrons. The van der Waals surface area contributed by atoms with Gasteiger partial charge in [-0.1, -0.05) is 12.1 Å². The first-order chi connectivity index (χ1) is 14.9. The first kappa shape index (κ1) is 20.5. The van der Waals surface area contributed by atoms with Crippen LogP contribution in [-0.2, 0) is 11.2 Å². The molecule has 1 heterocycles. The molecule has 1 N–H and O–H groups in total. The number of halogens is 1. The number of rotatable bonds is 6. The molecule has 1 aromatic heterocycles. The molecule has 31 heavy (non-hydrogen) atoms. The van der Waals surface area contributed by atoms with Crippen molar-refractivity contribution in [2.45, 2.75) is 6.42 Å². The molecule has 0 unspecified atom stereocenters. The molecule has 4 rings (SSSR count). The molecule has 0 aliphatic rings. The summed E-state index contributed by atoms with van der Waals surface area (Å²) in [5, 5.41) is 13.5. The van der Waals surface area contributed by atoms with Crippen molar-refractivity contribution in [2.24, 2.45) is 0 Å². The maximum absolute atomic E-state index is 12.4. The van der Waals surface area contributed by atoms with Crippen molar-refractivity contribution in [3.63, 3.8) is 0 Å². The van der Waals surface area contributed by atoms with E-state index in [-0.39, 0.29) is 18.0 Å².